The van der Waals surface area contributed by atoms with Crippen LogP contribution in [0.25, 0.3) is 0 Å². The number of Topliss-reactive ketones (excluding diaryl/α,β-unsaturated/α-hetero) is 1. The van der Waals surface area contributed by atoms with Crippen molar-refractivity contribution in [1.82, 2.24) is 0 Å². The third kappa shape index (κ3) is 2.46. The Bertz CT molecular complexity index is 311. The SMILES string of the molecule is CC(C)C(=O)c1ccc(C=S)cc1. The molecule has 0 amide bonds. The van der Waals surface area contributed by atoms with E-state index in [1.165, 1.54) is 0 Å². The van der Waals surface area contributed by atoms with E-state index in [1.54, 1.807) is 5.37 Å². The second-order valence-electron chi connectivity index (χ2n) is 3.26. The minimum atomic E-state index is 0.0540. The van der Waals surface area contributed by atoms with Crippen LogP contribution < -0.4 is 0 Å². The fraction of sp³-hybridized carbons (Fsp3) is 0.273. The zero-order chi connectivity index (χ0) is 9.84. The van der Waals surface area contributed by atoms with Crippen molar-refractivity contribution in [3.05, 3.63) is 35.4 Å². The second-order valence-corrected chi connectivity index (χ2v) is 3.49. The molecule has 13 heavy (non-hydrogen) atoms. The molecule has 0 aliphatic rings. The molecule has 0 aliphatic heterocycles. The van der Waals surface area contributed by atoms with Gasteiger partial charge in [0.25, 0.3) is 0 Å². The summed E-state index contributed by atoms with van der Waals surface area (Å²) in [6, 6.07) is 7.37. The van der Waals surface area contributed by atoms with Crippen LogP contribution in [0.1, 0.15) is 29.8 Å². The van der Waals surface area contributed by atoms with Gasteiger partial charge in [-0.15, -0.1) is 0 Å². The molecule has 0 aromatic heterocycles. The highest BCUT2D eigenvalue weighted by molar-refractivity contribution is 7.79. The van der Waals surface area contributed by atoms with E-state index in [1.807, 2.05) is 38.1 Å². The Kier molecular flexibility index (Phi) is 3.32. The highest BCUT2D eigenvalue weighted by atomic mass is 32.1. The molecule has 0 N–H and O–H groups in total. The predicted octanol–water partition coefficient (Wildman–Crippen LogP) is 2.87. The fourth-order valence-electron chi connectivity index (χ4n) is 1.06. The summed E-state index contributed by atoms with van der Waals surface area (Å²) in [5, 5.41) is 1.60. The lowest BCUT2D eigenvalue weighted by molar-refractivity contribution is 0.0939. The van der Waals surface area contributed by atoms with E-state index in [9.17, 15) is 4.79 Å². The molecule has 1 aromatic rings. The predicted molar refractivity (Wildman–Crippen MR) is 58.4 cm³/mol. The highest BCUT2D eigenvalue weighted by Gasteiger charge is 2.08. The third-order valence-corrected chi connectivity index (χ3v) is 2.13. The van der Waals surface area contributed by atoms with Crippen LogP contribution in [0.5, 0.6) is 0 Å². The largest absolute Gasteiger partial charge is 0.294 e. The van der Waals surface area contributed by atoms with Crippen LogP contribution in [0.4, 0.5) is 0 Å². The number of rotatable bonds is 3. The molecule has 0 unspecified atom stereocenters. The van der Waals surface area contributed by atoms with Crippen LogP contribution in [-0.2, 0) is 0 Å². The lowest BCUT2D eigenvalue weighted by atomic mass is 10.0. The van der Waals surface area contributed by atoms with E-state index in [0.717, 1.165) is 11.1 Å². The first-order valence-electron chi connectivity index (χ1n) is 4.24. The average molecular weight is 192 g/mol. The van der Waals surface area contributed by atoms with E-state index < -0.39 is 0 Å². The summed E-state index contributed by atoms with van der Waals surface area (Å²) >= 11 is 4.77. The molecular weight excluding hydrogens is 180 g/mol. The zero-order valence-electron chi connectivity index (χ0n) is 7.78. The van der Waals surface area contributed by atoms with Gasteiger partial charge >= 0.3 is 0 Å². The molecule has 0 spiro atoms. The van der Waals surface area contributed by atoms with Crippen LogP contribution in [0, 0.1) is 5.92 Å². The van der Waals surface area contributed by atoms with Gasteiger partial charge in [-0.3, -0.25) is 4.79 Å². The van der Waals surface area contributed by atoms with Crippen molar-refractivity contribution in [2.45, 2.75) is 13.8 Å². The van der Waals surface area contributed by atoms with Crippen LogP contribution in [0.3, 0.4) is 0 Å². The van der Waals surface area contributed by atoms with Crippen LogP contribution in [0.15, 0.2) is 24.3 Å². The summed E-state index contributed by atoms with van der Waals surface area (Å²) in [5.41, 5.74) is 1.73. The molecule has 0 heterocycles. The summed E-state index contributed by atoms with van der Waals surface area (Å²) < 4.78 is 0. The maximum absolute atomic E-state index is 11.5. The van der Waals surface area contributed by atoms with Crippen molar-refractivity contribution in [3.8, 4) is 0 Å². The summed E-state index contributed by atoms with van der Waals surface area (Å²) in [4.78, 5) is 11.5. The molecule has 1 nitrogen and oxygen atoms in total. The van der Waals surface area contributed by atoms with Crippen molar-refractivity contribution >= 4 is 23.4 Å². The van der Waals surface area contributed by atoms with Gasteiger partial charge in [-0.25, -0.2) is 0 Å². The first kappa shape index (κ1) is 10.1. The minimum Gasteiger partial charge on any atom is -0.294 e. The molecule has 2 heteroatoms. The summed E-state index contributed by atoms with van der Waals surface area (Å²) in [5.74, 6) is 0.231. The van der Waals surface area contributed by atoms with Gasteiger partial charge in [-0.2, -0.15) is 0 Å². The fourth-order valence-corrected chi connectivity index (χ4v) is 1.22. The van der Waals surface area contributed by atoms with E-state index >= 15 is 0 Å². The number of hydrogen-bond acceptors (Lipinski definition) is 2. The Morgan fingerprint density at radius 3 is 2.23 bits per heavy atom. The number of benzene rings is 1. The molecule has 1 rings (SSSR count). The highest BCUT2D eigenvalue weighted by Crippen LogP contribution is 2.09. The van der Waals surface area contributed by atoms with E-state index in [2.05, 4.69) is 0 Å². The van der Waals surface area contributed by atoms with Gasteiger partial charge in [-0.1, -0.05) is 50.3 Å². The van der Waals surface area contributed by atoms with Gasteiger partial charge in [0.15, 0.2) is 5.78 Å². The summed E-state index contributed by atoms with van der Waals surface area (Å²) in [6.45, 7) is 3.80. The molecule has 68 valence electrons. The zero-order valence-corrected chi connectivity index (χ0v) is 8.60. The Hall–Kier alpha value is -1.02. The maximum Gasteiger partial charge on any atom is 0.165 e. The van der Waals surface area contributed by atoms with Gasteiger partial charge in [-0.05, 0) is 5.56 Å². The minimum absolute atomic E-state index is 0.0540. The molecule has 0 aliphatic carbocycles. The number of thiocarbonyl (C=S) groups is 1. The monoisotopic (exact) mass is 192 g/mol. The first-order valence-corrected chi connectivity index (χ1v) is 4.71. The molecule has 0 saturated heterocycles. The smallest absolute Gasteiger partial charge is 0.165 e. The van der Waals surface area contributed by atoms with Crippen molar-refractivity contribution in [1.29, 1.82) is 0 Å². The Morgan fingerprint density at radius 1 is 1.31 bits per heavy atom. The maximum atomic E-state index is 11.5. The van der Waals surface area contributed by atoms with E-state index in [4.69, 9.17) is 12.2 Å². The third-order valence-electron chi connectivity index (χ3n) is 1.86. The van der Waals surface area contributed by atoms with Crippen LogP contribution >= 0.6 is 12.2 Å². The van der Waals surface area contributed by atoms with Crippen LogP contribution in [0.2, 0.25) is 0 Å². The van der Waals surface area contributed by atoms with Gasteiger partial charge in [0, 0.05) is 16.8 Å². The van der Waals surface area contributed by atoms with Crippen LogP contribution in [-0.4, -0.2) is 11.2 Å². The molecule has 0 bridgehead atoms. The Balaban J connectivity index is 2.92. The molecule has 0 saturated carbocycles. The topological polar surface area (TPSA) is 17.1 Å². The number of carbonyl (C=O) groups excluding carboxylic acids is 1. The normalized spacial score (nSPS) is 10.1. The summed E-state index contributed by atoms with van der Waals surface area (Å²) in [6.07, 6.45) is 0. The summed E-state index contributed by atoms with van der Waals surface area (Å²) in [7, 11) is 0. The Morgan fingerprint density at radius 2 is 1.85 bits per heavy atom. The molecule has 0 atom stereocenters. The lowest BCUT2D eigenvalue weighted by Gasteiger charge is -2.03. The van der Waals surface area contributed by atoms with Crippen molar-refractivity contribution < 1.29 is 4.79 Å². The van der Waals surface area contributed by atoms with Gasteiger partial charge < -0.3 is 0 Å². The van der Waals surface area contributed by atoms with Crippen molar-refractivity contribution in [3.63, 3.8) is 0 Å². The van der Waals surface area contributed by atoms with E-state index in [-0.39, 0.29) is 11.7 Å². The average Bonchev–Trinajstić information content (AvgIpc) is 2.17. The van der Waals surface area contributed by atoms with E-state index in [0.29, 0.717) is 0 Å². The molecule has 0 fully saturated rings. The van der Waals surface area contributed by atoms with Crippen molar-refractivity contribution in [2.75, 3.05) is 0 Å². The second kappa shape index (κ2) is 4.28. The quantitative estimate of drug-likeness (QED) is 0.541. The standard InChI is InChI=1S/C11H12OS/c1-8(2)11(12)10-5-3-9(7-13)4-6-10/h3-8H,1-2H3. The Labute approximate surface area is 83.8 Å². The van der Waals surface area contributed by atoms with Crippen molar-refractivity contribution in [2.24, 2.45) is 5.92 Å². The first-order chi connectivity index (χ1) is 6.15. The number of carbonyl (C=O) groups is 1. The molecular formula is C11H12OS. The van der Waals surface area contributed by atoms with Gasteiger partial charge in [0.05, 0.1) is 0 Å². The number of hydrogen-bond donors (Lipinski definition) is 0. The number of ketones is 1. The lowest BCUT2D eigenvalue weighted by Crippen LogP contribution is -2.06. The molecule has 0 radical (unpaired) electrons. The molecule has 1 aromatic carbocycles. The van der Waals surface area contributed by atoms with Gasteiger partial charge in [0.2, 0.25) is 0 Å². The van der Waals surface area contributed by atoms with Gasteiger partial charge in [0.1, 0.15) is 0 Å².